The number of rotatable bonds is 2. The molecule has 0 saturated carbocycles. The second-order valence-corrected chi connectivity index (χ2v) is 4.62. The molecule has 2 aromatic rings. The van der Waals surface area contributed by atoms with E-state index in [1.165, 1.54) is 17.5 Å². The molecule has 1 unspecified atom stereocenters. The maximum absolute atomic E-state index is 4.53. The molecule has 1 N–H and O–H groups in total. The molecule has 1 fully saturated rings. The van der Waals surface area contributed by atoms with Crippen LogP contribution < -0.4 is 5.32 Å². The van der Waals surface area contributed by atoms with E-state index in [2.05, 4.69) is 52.3 Å². The first-order valence-electron chi connectivity index (χ1n) is 6.16. The average molecular weight is 227 g/mol. The molecule has 1 aliphatic heterocycles. The van der Waals surface area contributed by atoms with E-state index in [0.29, 0.717) is 6.04 Å². The minimum atomic E-state index is 0.548. The Morgan fingerprint density at radius 3 is 3.00 bits per heavy atom. The number of nitrogens with one attached hydrogen (secondary N) is 1. The molecule has 88 valence electrons. The lowest BCUT2D eigenvalue weighted by Crippen LogP contribution is -2.13. The quantitative estimate of drug-likeness (QED) is 0.853. The summed E-state index contributed by atoms with van der Waals surface area (Å²) < 4.78 is 2.31. The van der Waals surface area contributed by atoms with Crippen molar-refractivity contribution in [3.05, 3.63) is 42.2 Å². The highest BCUT2D eigenvalue weighted by Gasteiger charge is 2.19. The van der Waals surface area contributed by atoms with Gasteiger partial charge in [0.1, 0.15) is 5.82 Å². The molecule has 0 spiro atoms. The first-order valence-corrected chi connectivity index (χ1v) is 6.16. The van der Waals surface area contributed by atoms with Crippen molar-refractivity contribution in [3.8, 4) is 11.4 Å². The largest absolute Gasteiger partial charge is 0.327 e. The van der Waals surface area contributed by atoms with Gasteiger partial charge in [0, 0.05) is 30.5 Å². The monoisotopic (exact) mass is 227 g/mol. The SMILES string of the molecule is Cc1ccccc1-c1nccn1C1CCNC1. The van der Waals surface area contributed by atoms with Crippen molar-refractivity contribution in [1.29, 1.82) is 0 Å². The van der Waals surface area contributed by atoms with Gasteiger partial charge in [-0.25, -0.2) is 4.98 Å². The molecular formula is C14H17N3. The van der Waals surface area contributed by atoms with Gasteiger partial charge in [0.15, 0.2) is 0 Å². The van der Waals surface area contributed by atoms with Gasteiger partial charge in [-0.05, 0) is 25.5 Å². The Bertz CT molecular complexity index is 510. The lowest BCUT2D eigenvalue weighted by atomic mass is 10.1. The number of hydrogen-bond acceptors (Lipinski definition) is 2. The molecule has 3 nitrogen and oxygen atoms in total. The predicted octanol–water partition coefficient (Wildman–Crippen LogP) is 2.39. The highest BCUT2D eigenvalue weighted by atomic mass is 15.1. The molecule has 0 aliphatic carbocycles. The fourth-order valence-electron chi connectivity index (χ4n) is 2.52. The van der Waals surface area contributed by atoms with Crippen molar-refractivity contribution in [1.82, 2.24) is 14.9 Å². The van der Waals surface area contributed by atoms with E-state index in [1.54, 1.807) is 0 Å². The number of nitrogens with zero attached hydrogens (tertiary/aromatic N) is 2. The number of benzene rings is 1. The van der Waals surface area contributed by atoms with Crippen LogP contribution in [0.15, 0.2) is 36.7 Å². The van der Waals surface area contributed by atoms with Crippen LogP contribution in [0.2, 0.25) is 0 Å². The Balaban J connectivity index is 2.04. The van der Waals surface area contributed by atoms with Gasteiger partial charge in [0.05, 0.1) is 0 Å². The lowest BCUT2D eigenvalue weighted by Gasteiger charge is -2.15. The summed E-state index contributed by atoms with van der Waals surface area (Å²) >= 11 is 0. The minimum absolute atomic E-state index is 0.548. The van der Waals surface area contributed by atoms with Crippen LogP contribution in [0, 0.1) is 6.92 Å². The number of hydrogen-bond donors (Lipinski definition) is 1. The smallest absolute Gasteiger partial charge is 0.140 e. The van der Waals surface area contributed by atoms with E-state index in [0.717, 1.165) is 18.9 Å². The third kappa shape index (κ3) is 1.87. The Kier molecular flexibility index (Phi) is 2.69. The van der Waals surface area contributed by atoms with Crippen LogP contribution in [0.4, 0.5) is 0 Å². The van der Waals surface area contributed by atoms with E-state index in [1.807, 2.05) is 6.20 Å². The summed E-state index contributed by atoms with van der Waals surface area (Å²) in [5.74, 6) is 1.09. The summed E-state index contributed by atoms with van der Waals surface area (Å²) in [5.41, 5.74) is 2.52. The van der Waals surface area contributed by atoms with Gasteiger partial charge in [-0.2, -0.15) is 0 Å². The van der Waals surface area contributed by atoms with Crippen molar-refractivity contribution in [2.45, 2.75) is 19.4 Å². The third-order valence-electron chi connectivity index (χ3n) is 3.48. The van der Waals surface area contributed by atoms with Gasteiger partial charge in [0.25, 0.3) is 0 Å². The highest BCUT2D eigenvalue weighted by Crippen LogP contribution is 2.26. The van der Waals surface area contributed by atoms with Crippen LogP contribution in [-0.4, -0.2) is 22.6 Å². The summed E-state index contributed by atoms with van der Waals surface area (Å²) in [7, 11) is 0. The standard InChI is InChI=1S/C14H17N3/c1-11-4-2-3-5-13(11)14-16-8-9-17(14)12-6-7-15-10-12/h2-5,8-9,12,15H,6-7,10H2,1H3. The zero-order valence-electron chi connectivity index (χ0n) is 10.1. The Morgan fingerprint density at radius 2 is 2.24 bits per heavy atom. The molecule has 2 heterocycles. The summed E-state index contributed by atoms with van der Waals surface area (Å²) in [4.78, 5) is 4.53. The minimum Gasteiger partial charge on any atom is -0.327 e. The van der Waals surface area contributed by atoms with E-state index in [-0.39, 0.29) is 0 Å². The number of aryl methyl sites for hydroxylation is 1. The van der Waals surface area contributed by atoms with Crippen LogP contribution in [0.3, 0.4) is 0 Å². The summed E-state index contributed by atoms with van der Waals surface area (Å²) in [6.07, 6.45) is 5.19. The average Bonchev–Trinajstić information content (AvgIpc) is 3.00. The van der Waals surface area contributed by atoms with Crippen molar-refractivity contribution in [2.75, 3.05) is 13.1 Å². The summed E-state index contributed by atoms with van der Waals surface area (Å²) in [6, 6.07) is 8.99. The van der Waals surface area contributed by atoms with E-state index in [9.17, 15) is 0 Å². The van der Waals surface area contributed by atoms with Crippen molar-refractivity contribution < 1.29 is 0 Å². The van der Waals surface area contributed by atoms with Gasteiger partial charge in [-0.1, -0.05) is 24.3 Å². The van der Waals surface area contributed by atoms with E-state index in [4.69, 9.17) is 0 Å². The molecule has 0 bridgehead atoms. The van der Waals surface area contributed by atoms with Gasteiger partial charge in [-0.15, -0.1) is 0 Å². The van der Waals surface area contributed by atoms with Crippen molar-refractivity contribution >= 4 is 0 Å². The van der Waals surface area contributed by atoms with Crippen LogP contribution in [0.25, 0.3) is 11.4 Å². The van der Waals surface area contributed by atoms with Gasteiger partial charge >= 0.3 is 0 Å². The Hall–Kier alpha value is -1.61. The first-order chi connectivity index (χ1) is 8.36. The molecular weight excluding hydrogens is 210 g/mol. The van der Waals surface area contributed by atoms with Crippen molar-refractivity contribution in [2.24, 2.45) is 0 Å². The maximum Gasteiger partial charge on any atom is 0.140 e. The zero-order chi connectivity index (χ0) is 11.7. The van der Waals surface area contributed by atoms with Gasteiger partial charge in [0.2, 0.25) is 0 Å². The molecule has 1 aromatic heterocycles. The number of aromatic nitrogens is 2. The Morgan fingerprint density at radius 1 is 1.35 bits per heavy atom. The second-order valence-electron chi connectivity index (χ2n) is 4.62. The van der Waals surface area contributed by atoms with Crippen molar-refractivity contribution in [3.63, 3.8) is 0 Å². The first kappa shape index (κ1) is 10.5. The Labute approximate surface area is 101 Å². The molecule has 3 rings (SSSR count). The van der Waals surface area contributed by atoms with E-state index < -0.39 is 0 Å². The molecule has 17 heavy (non-hydrogen) atoms. The highest BCUT2D eigenvalue weighted by molar-refractivity contribution is 5.60. The third-order valence-corrected chi connectivity index (χ3v) is 3.48. The fourth-order valence-corrected chi connectivity index (χ4v) is 2.52. The van der Waals surface area contributed by atoms with Crippen LogP contribution in [0.1, 0.15) is 18.0 Å². The molecule has 1 atom stereocenters. The molecule has 3 heteroatoms. The topological polar surface area (TPSA) is 29.9 Å². The van der Waals surface area contributed by atoms with Crippen LogP contribution >= 0.6 is 0 Å². The summed E-state index contributed by atoms with van der Waals surface area (Å²) in [6.45, 7) is 4.30. The molecule has 0 radical (unpaired) electrons. The summed E-state index contributed by atoms with van der Waals surface area (Å²) in [5, 5.41) is 3.41. The fraction of sp³-hybridized carbons (Fsp3) is 0.357. The normalized spacial score (nSPS) is 19.7. The molecule has 1 aliphatic rings. The van der Waals surface area contributed by atoms with Gasteiger partial charge < -0.3 is 9.88 Å². The van der Waals surface area contributed by atoms with Crippen LogP contribution in [0.5, 0.6) is 0 Å². The predicted molar refractivity (Wildman–Crippen MR) is 68.9 cm³/mol. The maximum atomic E-state index is 4.53. The molecule has 1 aromatic carbocycles. The lowest BCUT2D eigenvalue weighted by molar-refractivity contribution is 0.552. The zero-order valence-corrected chi connectivity index (χ0v) is 10.1. The molecule has 0 amide bonds. The van der Waals surface area contributed by atoms with Gasteiger partial charge in [-0.3, -0.25) is 0 Å². The number of imidazole rings is 1. The van der Waals surface area contributed by atoms with E-state index >= 15 is 0 Å². The van der Waals surface area contributed by atoms with Crippen LogP contribution in [-0.2, 0) is 0 Å². The second kappa shape index (κ2) is 4.34. The molecule has 1 saturated heterocycles.